The Labute approximate surface area is 217 Å². The Balaban J connectivity index is 1.05. The molecule has 2 saturated heterocycles. The van der Waals surface area contributed by atoms with Crippen molar-refractivity contribution >= 4 is 33.4 Å². The average molecular weight is 487 g/mol. The molecule has 0 N–H and O–H groups in total. The molecule has 2 fully saturated rings. The van der Waals surface area contributed by atoms with Crippen molar-refractivity contribution in [2.24, 2.45) is 0 Å². The minimum atomic E-state index is 0.373. The third kappa shape index (κ3) is 4.06. The van der Waals surface area contributed by atoms with Crippen LogP contribution in [0.3, 0.4) is 0 Å². The van der Waals surface area contributed by atoms with Gasteiger partial charge in [-0.2, -0.15) is 0 Å². The van der Waals surface area contributed by atoms with Gasteiger partial charge in [-0.1, -0.05) is 42.5 Å². The van der Waals surface area contributed by atoms with Crippen LogP contribution < -0.4 is 9.80 Å². The maximum absolute atomic E-state index is 4.97. The highest BCUT2D eigenvalue weighted by atomic mass is 15.3. The van der Waals surface area contributed by atoms with Crippen LogP contribution >= 0.6 is 0 Å². The Morgan fingerprint density at radius 1 is 0.703 bits per heavy atom. The summed E-state index contributed by atoms with van der Waals surface area (Å²) in [6.07, 6.45) is 5.84. The first-order valence-corrected chi connectivity index (χ1v) is 13.3. The molecular weight excluding hydrogens is 456 g/mol. The molecule has 7 rings (SSSR count). The number of hydrogen-bond donors (Lipinski definition) is 0. The summed E-state index contributed by atoms with van der Waals surface area (Å²) < 4.78 is 0. The fraction of sp³-hybridized carbons (Fsp3) is 0.290. The predicted molar refractivity (Wildman–Crippen MR) is 149 cm³/mol. The molecule has 0 bridgehead atoms. The van der Waals surface area contributed by atoms with Gasteiger partial charge in [0.05, 0.1) is 16.7 Å². The van der Waals surface area contributed by atoms with E-state index in [-0.39, 0.29) is 0 Å². The van der Waals surface area contributed by atoms with Crippen molar-refractivity contribution in [1.82, 2.24) is 19.9 Å². The summed E-state index contributed by atoms with van der Waals surface area (Å²) in [5, 5.41) is 2.40. The van der Waals surface area contributed by atoms with Crippen molar-refractivity contribution in [3.8, 4) is 0 Å². The standard InChI is InChI=1S/C31H30N6/c1-21-5-4-7-24-10-12-28(35-29(21)24)37-19-25(20-37)30-31(33-16-15-32-30)36-17-13-23(14-18-36)27-11-9-22-6-2-3-8-26(22)34-27/h2-12,15-16,23,25H,13-14,17-20H2,1H3. The van der Waals surface area contributed by atoms with Gasteiger partial charge in [0, 0.05) is 66.9 Å². The average Bonchev–Trinajstić information content (AvgIpc) is 2.93. The topological polar surface area (TPSA) is 58.0 Å². The van der Waals surface area contributed by atoms with E-state index in [1.54, 1.807) is 0 Å². The molecule has 2 aliphatic heterocycles. The Morgan fingerprint density at radius 3 is 2.38 bits per heavy atom. The van der Waals surface area contributed by atoms with Crippen LogP contribution in [0.25, 0.3) is 21.8 Å². The zero-order chi connectivity index (χ0) is 24.8. The monoisotopic (exact) mass is 486 g/mol. The number of piperidine rings is 1. The van der Waals surface area contributed by atoms with Crippen LogP contribution in [0.4, 0.5) is 11.6 Å². The second-order valence-corrected chi connectivity index (χ2v) is 10.4. The maximum atomic E-state index is 4.97. The minimum absolute atomic E-state index is 0.373. The zero-order valence-electron chi connectivity index (χ0n) is 21.1. The summed E-state index contributed by atoms with van der Waals surface area (Å²) in [6, 6.07) is 23.5. The molecule has 0 aliphatic carbocycles. The number of aromatic nitrogens is 4. The van der Waals surface area contributed by atoms with Crippen LogP contribution in [-0.2, 0) is 0 Å². The van der Waals surface area contributed by atoms with E-state index < -0.39 is 0 Å². The summed E-state index contributed by atoms with van der Waals surface area (Å²) in [5.41, 5.74) is 5.73. The largest absolute Gasteiger partial charge is 0.355 e. The molecule has 0 unspecified atom stereocenters. The summed E-state index contributed by atoms with van der Waals surface area (Å²) >= 11 is 0. The number of hydrogen-bond acceptors (Lipinski definition) is 6. The Hall–Kier alpha value is -4.06. The molecule has 37 heavy (non-hydrogen) atoms. The molecule has 0 saturated carbocycles. The second kappa shape index (κ2) is 9.11. The van der Waals surface area contributed by atoms with Crippen molar-refractivity contribution in [3.05, 3.63) is 96.1 Å². The molecule has 5 heterocycles. The lowest BCUT2D eigenvalue weighted by molar-refractivity contribution is 0.480. The predicted octanol–water partition coefficient (Wildman–Crippen LogP) is 5.87. The van der Waals surface area contributed by atoms with Crippen LogP contribution in [0.1, 0.15) is 41.6 Å². The molecule has 0 radical (unpaired) electrons. The molecule has 6 nitrogen and oxygen atoms in total. The normalized spacial score (nSPS) is 16.9. The highest BCUT2D eigenvalue weighted by Crippen LogP contribution is 2.37. The van der Waals surface area contributed by atoms with Crippen molar-refractivity contribution in [2.75, 3.05) is 36.0 Å². The first-order valence-electron chi connectivity index (χ1n) is 13.3. The third-order valence-electron chi connectivity index (χ3n) is 8.04. The Morgan fingerprint density at radius 2 is 1.49 bits per heavy atom. The Bertz CT molecular complexity index is 1580. The van der Waals surface area contributed by atoms with Crippen LogP contribution in [0.15, 0.2) is 79.1 Å². The molecule has 184 valence electrons. The first-order chi connectivity index (χ1) is 18.2. The molecule has 0 amide bonds. The molecule has 5 aromatic rings. The molecule has 3 aromatic heterocycles. The molecule has 2 aromatic carbocycles. The summed E-state index contributed by atoms with van der Waals surface area (Å²) in [5.74, 6) is 2.96. The lowest BCUT2D eigenvalue weighted by atomic mass is 9.91. The maximum Gasteiger partial charge on any atom is 0.150 e. The van der Waals surface area contributed by atoms with E-state index >= 15 is 0 Å². The number of fused-ring (bicyclic) bond motifs is 2. The summed E-state index contributed by atoms with van der Waals surface area (Å²) in [7, 11) is 0. The quantitative estimate of drug-likeness (QED) is 0.317. The van der Waals surface area contributed by atoms with E-state index in [9.17, 15) is 0 Å². The van der Waals surface area contributed by atoms with Crippen molar-refractivity contribution in [3.63, 3.8) is 0 Å². The number of aryl methyl sites for hydroxylation is 1. The van der Waals surface area contributed by atoms with Crippen molar-refractivity contribution in [2.45, 2.75) is 31.6 Å². The number of pyridine rings is 2. The van der Waals surface area contributed by atoms with E-state index in [1.165, 1.54) is 22.0 Å². The van der Waals surface area contributed by atoms with E-state index in [0.717, 1.165) is 67.4 Å². The highest BCUT2D eigenvalue weighted by molar-refractivity contribution is 5.83. The van der Waals surface area contributed by atoms with Gasteiger partial charge in [0.15, 0.2) is 5.82 Å². The van der Waals surface area contributed by atoms with Crippen LogP contribution in [0.5, 0.6) is 0 Å². The number of benzene rings is 2. The number of rotatable bonds is 4. The fourth-order valence-corrected chi connectivity index (χ4v) is 5.87. The minimum Gasteiger partial charge on any atom is -0.355 e. The Kier molecular flexibility index (Phi) is 5.46. The first kappa shape index (κ1) is 22.2. The van der Waals surface area contributed by atoms with Gasteiger partial charge in [0.25, 0.3) is 0 Å². The SMILES string of the molecule is Cc1cccc2ccc(N3CC(c4nccnc4N4CCC(c5ccc6ccccc6n5)CC4)C3)nc12. The van der Waals surface area contributed by atoms with Gasteiger partial charge < -0.3 is 9.80 Å². The van der Waals surface area contributed by atoms with Gasteiger partial charge in [-0.05, 0) is 49.6 Å². The van der Waals surface area contributed by atoms with Crippen LogP contribution in [-0.4, -0.2) is 46.1 Å². The smallest absolute Gasteiger partial charge is 0.150 e. The molecular formula is C31H30N6. The molecule has 2 aliphatic rings. The number of anilines is 2. The van der Waals surface area contributed by atoms with E-state index in [4.69, 9.17) is 19.9 Å². The highest BCUT2D eigenvalue weighted by Gasteiger charge is 2.34. The van der Waals surface area contributed by atoms with E-state index in [0.29, 0.717) is 11.8 Å². The second-order valence-electron chi connectivity index (χ2n) is 10.4. The van der Waals surface area contributed by atoms with Crippen LogP contribution in [0, 0.1) is 6.92 Å². The van der Waals surface area contributed by atoms with Gasteiger partial charge in [-0.25, -0.2) is 9.97 Å². The van der Waals surface area contributed by atoms with Gasteiger partial charge in [0.1, 0.15) is 5.82 Å². The van der Waals surface area contributed by atoms with Crippen molar-refractivity contribution in [1.29, 1.82) is 0 Å². The molecule has 0 atom stereocenters. The summed E-state index contributed by atoms with van der Waals surface area (Å²) in [4.78, 5) is 24.3. The van der Waals surface area contributed by atoms with E-state index in [2.05, 4.69) is 83.5 Å². The third-order valence-corrected chi connectivity index (χ3v) is 8.04. The molecule has 0 spiro atoms. The molecule has 6 heteroatoms. The number of para-hydroxylation sites is 2. The lowest BCUT2D eigenvalue weighted by Crippen LogP contribution is -2.47. The van der Waals surface area contributed by atoms with Crippen LogP contribution in [0.2, 0.25) is 0 Å². The van der Waals surface area contributed by atoms with Gasteiger partial charge in [-0.15, -0.1) is 0 Å². The number of nitrogens with zero attached hydrogens (tertiary/aromatic N) is 6. The zero-order valence-corrected chi connectivity index (χ0v) is 21.1. The van der Waals surface area contributed by atoms with Crippen molar-refractivity contribution < 1.29 is 0 Å². The lowest BCUT2D eigenvalue weighted by Gasteiger charge is -2.41. The van der Waals surface area contributed by atoms with Gasteiger partial charge in [-0.3, -0.25) is 9.97 Å². The van der Waals surface area contributed by atoms with Gasteiger partial charge >= 0.3 is 0 Å². The van der Waals surface area contributed by atoms with E-state index in [1.807, 2.05) is 12.4 Å². The van der Waals surface area contributed by atoms with Gasteiger partial charge in [0.2, 0.25) is 0 Å². The fourth-order valence-electron chi connectivity index (χ4n) is 5.87. The summed E-state index contributed by atoms with van der Waals surface area (Å²) in [6.45, 7) is 5.93.